The minimum atomic E-state index is 0.406. The Kier molecular flexibility index (Phi) is 4.67. The molecule has 3 heteroatoms. The van der Waals surface area contributed by atoms with Crippen molar-refractivity contribution in [3.8, 4) is 0 Å². The first-order valence-electron chi connectivity index (χ1n) is 1.20. The molecule has 0 fully saturated rings. The van der Waals surface area contributed by atoms with Crippen molar-refractivity contribution in [3.05, 3.63) is 0 Å². The van der Waals surface area contributed by atoms with Crippen molar-refractivity contribution in [2.75, 3.05) is 6.67 Å². The van der Waals surface area contributed by atoms with Crippen LogP contribution in [0.3, 0.4) is 0 Å². The lowest BCUT2D eigenvalue weighted by molar-refractivity contribution is 1.08. The van der Waals surface area contributed by atoms with Crippen molar-refractivity contribution in [2.24, 2.45) is 10.7 Å². The molecule has 0 saturated carbocycles. The van der Waals surface area contributed by atoms with Crippen LogP contribution in [-0.4, -0.2) is 10.9 Å². The second-order valence-corrected chi connectivity index (χ2v) is 1.02. The zero-order chi connectivity index (χ0) is 4.12. The number of rotatable bonds is 1. The van der Waals surface area contributed by atoms with Crippen LogP contribution in [-0.2, 0) is 0 Å². The number of aliphatic imine (C=N–C) groups is 1. The predicted octanol–water partition coefficient (Wildman–Crippen LogP) is 0.366. The number of halogens is 1. The topological polar surface area (TPSA) is 38.4 Å². The number of hydrogen-bond donors (Lipinski definition) is 1. The molecular weight excluding hydrogens is 179 g/mol. The van der Waals surface area contributed by atoms with Gasteiger partial charge in [-0.3, -0.25) is 4.99 Å². The van der Waals surface area contributed by atoms with Crippen molar-refractivity contribution in [3.63, 3.8) is 0 Å². The summed E-state index contributed by atoms with van der Waals surface area (Å²) in [5.74, 6) is 0. The number of nitrogens with zero attached hydrogens (tertiary/aromatic N) is 1. The zero-order valence-corrected chi connectivity index (χ0v) is 4.84. The molecule has 0 aliphatic rings. The highest BCUT2D eigenvalue weighted by Gasteiger charge is 1.51. The van der Waals surface area contributed by atoms with E-state index in [4.69, 9.17) is 5.73 Å². The number of nitrogens with two attached hydrogens (primary N) is 1. The van der Waals surface area contributed by atoms with E-state index in [0.717, 1.165) is 0 Å². The average molecular weight is 184 g/mol. The molecule has 0 heterocycles. The Balaban J connectivity index is 2.62. The first-order valence-corrected chi connectivity index (χ1v) is 2.45. The van der Waals surface area contributed by atoms with Crippen molar-refractivity contribution in [1.29, 1.82) is 0 Å². The van der Waals surface area contributed by atoms with E-state index < -0.39 is 0 Å². The lowest BCUT2D eigenvalue weighted by Crippen LogP contribution is -1.91. The van der Waals surface area contributed by atoms with Crippen LogP contribution >= 0.6 is 22.6 Å². The highest BCUT2D eigenvalue weighted by molar-refractivity contribution is 14.1. The molecule has 0 radical (unpaired) electrons. The molecule has 0 rings (SSSR count). The van der Waals surface area contributed by atoms with Gasteiger partial charge in [0.05, 0.1) is 10.9 Å². The lowest BCUT2D eigenvalue weighted by Gasteiger charge is -1.68. The van der Waals surface area contributed by atoms with Crippen LogP contribution in [0.25, 0.3) is 0 Å². The van der Waals surface area contributed by atoms with Crippen LogP contribution in [0.2, 0.25) is 0 Å². The summed E-state index contributed by atoms with van der Waals surface area (Å²) in [7, 11) is 0. The molecule has 30 valence electrons. The fraction of sp³-hybridized carbons (Fsp3) is 0.500. The van der Waals surface area contributed by atoms with Gasteiger partial charge in [-0.2, -0.15) is 0 Å². The summed E-state index contributed by atoms with van der Waals surface area (Å²) >= 11 is 2.02. The Morgan fingerprint density at radius 2 is 2.60 bits per heavy atom. The minimum Gasteiger partial charge on any atom is -0.312 e. The van der Waals surface area contributed by atoms with Crippen molar-refractivity contribution in [2.45, 2.75) is 0 Å². The maximum atomic E-state index is 4.94. The van der Waals surface area contributed by atoms with Gasteiger partial charge in [-0.05, 0) is 22.6 Å². The Labute approximate surface area is 44.6 Å². The molecular formula is C2H5IN2. The van der Waals surface area contributed by atoms with Gasteiger partial charge in [0.2, 0.25) is 0 Å². The highest BCUT2D eigenvalue weighted by Crippen LogP contribution is 1.65. The standard InChI is InChI=1S/C2H5IN2/c3-1-5-2-4/h1H,2,4H2. The Morgan fingerprint density at radius 3 is 2.60 bits per heavy atom. The fourth-order valence-corrected chi connectivity index (χ4v) is 0.267. The molecule has 0 amide bonds. The molecule has 0 aliphatic carbocycles. The first kappa shape index (κ1) is 5.36. The van der Waals surface area contributed by atoms with Gasteiger partial charge in [0.25, 0.3) is 0 Å². The van der Waals surface area contributed by atoms with E-state index in [1.165, 1.54) is 0 Å². The van der Waals surface area contributed by atoms with Gasteiger partial charge in [-0.25, -0.2) is 0 Å². The van der Waals surface area contributed by atoms with Crippen LogP contribution in [0.5, 0.6) is 0 Å². The molecule has 0 aliphatic heterocycles. The van der Waals surface area contributed by atoms with Crippen molar-refractivity contribution >= 4 is 26.8 Å². The summed E-state index contributed by atoms with van der Waals surface area (Å²) in [6.07, 6.45) is 0. The molecule has 0 bridgehead atoms. The molecule has 0 unspecified atom stereocenters. The zero-order valence-electron chi connectivity index (χ0n) is 2.69. The SMILES string of the molecule is NCN=CI. The van der Waals surface area contributed by atoms with E-state index in [2.05, 4.69) is 4.99 Å². The van der Waals surface area contributed by atoms with Gasteiger partial charge in [0.15, 0.2) is 0 Å². The maximum Gasteiger partial charge on any atom is 0.0864 e. The van der Waals surface area contributed by atoms with Crippen molar-refractivity contribution < 1.29 is 0 Å². The summed E-state index contributed by atoms with van der Waals surface area (Å²) in [6, 6.07) is 0. The Bertz CT molecular complexity index is 34.6. The molecule has 0 aromatic heterocycles. The summed E-state index contributed by atoms with van der Waals surface area (Å²) in [5, 5.41) is 0. The monoisotopic (exact) mass is 184 g/mol. The third kappa shape index (κ3) is 4.36. The Morgan fingerprint density at radius 1 is 2.00 bits per heavy atom. The van der Waals surface area contributed by atoms with Crippen molar-refractivity contribution in [1.82, 2.24) is 0 Å². The molecule has 5 heavy (non-hydrogen) atoms. The molecule has 0 atom stereocenters. The quantitative estimate of drug-likeness (QED) is 0.463. The first-order chi connectivity index (χ1) is 2.41. The molecule has 0 aromatic rings. The molecule has 0 saturated heterocycles. The van der Waals surface area contributed by atoms with E-state index in [1.807, 2.05) is 22.6 Å². The van der Waals surface area contributed by atoms with E-state index in [0.29, 0.717) is 6.67 Å². The van der Waals surface area contributed by atoms with Gasteiger partial charge >= 0.3 is 0 Å². The third-order valence-corrected chi connectivity index (χ3v) is 0.568. The predicted molar refractivity (Wildman–Crippen MR) is 31.6 cm³/mol. The largest absolute Gasteiger partial charge is 0.312 e. The Hall–Kier alpha value is 0.360. The molecule has 0 aromatic carbocycles. The van der Waals surface area contributed by atoms with Gasteiger partial charge in [0.1, 0.15) is 0 Å². The van der Waals surface area contributed by atoms with Crippen LogP contribution in [0, 0.1) is 0 Å². The summed E-state index contributed by atoms with van der Waals surface area (Å²) in [5.41, 5.74) is 4.94. The minimum absolute atomic E-state index is 0.406. The maximum absolute atomic E-state index is 4.94. The lowest BCUT2D eigenvalue weighted by atomic mass is 11.2. The number of hydrogen-bond acceptors (Lipinski definition) is 2. The highest BCUT2D eigenvalue weighted by atomic mass is 127. The van der Waals surface area contributed by atoms with Gasteiger partial charge in [0, 0.05) is 0 Å². The normalized spacial score (nSPS) is 10.0. The van der Waals surface area contributed by atoms with Gasteiger partial charge < -0.3 is 5.73 Å². The average Bonchev–Trinajstić information content (AvgIpc) is 1.41. The summed E-state index contributed by atoms with van der Waals surface area (Å²) in [4.78, 5) is 3.61. The van der Waals surface area contributed by atoms with Crippen LogP contribution in [0.1, 0.15) is 0 Å². The molecule has 2 N–H and O–H groups in total. The van der Waals surface area contributed by atoms with E-state index in [-0.39, 0.29) is 0 Å². The van der Waals surface area contributed by atoms with Crippen LogP contribution in [0.4, 0.5) is 0 Å². The summed E-state index contributed by atoms with van der Waals surface area (Å²) < 4.78 is 1.65. The fourth-order valence-electron chi connectivity index (χ4n) is 0.0398. The molecule has 0 spiro atoms. The van der Waals surface area contributed by atoms with E-state index >= 15 is 0 Å². The summed E-state index contributed by atoms with van der Waals surface area (Å²) in [6.45, 7) is 0.406. The van der Waals surface area contributed by atoms with E-state index in [9.17, 15) is 0 Å². The smallest absolute Gasteiger partial charge is 0.0864 e. The van der Waals surface area contributed by atoms with Gasteiger partial charge in [-0.1, -0.05) is 0 Å². The molecule has 2 nitrogen and oxygen atoms in total. The van der Waals surface area contributed by atoms with Gasteiger partial charge in [-0.15, -0.1) is 0 Å². The van der Waals surface area contributed by atoms with E-state index in [1.54, 1.807) is 4.22 Å². The van der Waals surface area contributed by atoms with Crippen LogP contribution in [0.15, 0.2) is 4.99 Å². The van der Waals surface area contributed by atoms with Crippen LogP contribution < -0.4 is 5.73 Å². The second-order valence-electron chi connectivity index (χ2n) is 0.463. The third-order valence-electron chi connectivity index (χ3n) is 0.174. The second kappa shape index (κ2) is 4.36.